The summed E-state index contributed by atoms with van der Waals surface area (Å²) in [6.45, 7) is 0.0519. The molecule has 66 valence electrons. The van der Waals surface area contributed by atoms with Gasteiger partial charge in [-0.3, -0.25) is 4.79 Å². The second-order valence-corrected chi connectivity index (χ2v) is 2.94. The van der Waals surface area contributed by atoms with Crippen LogP contribution in [-0.2, 0) is 15.9 Å². The lowest BCUT2D eigenvalue weighted by Gasteiger charge is -2.13. The van der Waals surface area contributed by atoms with Crippen molar-refractivity contribution in [2.75, 3.05) is 26.0 Å². The molecule has 0 aromatic rings. The van der Waals surface area contributed by atoms with E-state index < -0.39 is 22.7 Å². The Hall–Kier alpha value is -0.460. The SMILES string of the molecule is CN(CCO)C(=O)CS(=O)O. The molecule has 0 aliphatic carbocycles. The topological polar surface area (TPSA) is 77.8 Å². The van der Waals surface area contributed by atoms with E-state index in [9.17, 15) is 9.00 Å². The molecule has 0 fully saturated rings. The molecule has 0 rings (SSSR count). The summed E-state index contributed by atoms with van der Waals surface area (Å²) >= 11 is -2.09. The van der Waals surface area contributed by atoms with Crippen LogP contribution in [0.15, 0.2) is 0 Å². The third kappa shape index (κ3) is 4.88. The fraction of sp³-hybridized carbons (Fsp3) is 0.800. The molecule has 0 saturated heterocycles. The van der Waals surface area contributed by atoms with Gasteiger partial charge in [0.2, 0.25) is 5.91 Å². The summed E-state index contributed by atoms with van der Waals surface area (Å²) in [6, 6.07) is 0. The zero-order valence-electron chi connectivity index (χ0n) is 6.19. The Morgan fingerprint density at radius 3 is 2.55 bits per heavy atom. The number of likely N-dealkylation sites (N-methyl/N-ethyl adjacent to an activating group) is 1. The van der Waals surface area contributed by atoms with Gasteiger partial charge >= 0.3 is 0 Å². The number of aliphatic hydroxyl groups excluding tert-OH is 1. The van der Waals surface area contributed by atoms with Crippen molar-refractivity contribution in [3.63, 3.8) is 0 Å². The van der Waals surface area contributed by atoms with Gasteiger partial charge in [-0.25, -0.2) is 4.21 Å². The number of amides is 1. The highest BCUT2D eigenvalue weighted by Crippen LogP contribution is 1.85. The molecule has 0 saturated carbocycles. The normalized spacial score (nSPS) is 12.6. The van der Waals surface area contributed by atoms with E-state index in [1.165, 1.54) is 11.9 Å². The van der Waals surface area contributed by atoms with E-state index in [1.54, 1.807) is 0 Å². The minimum atomic E-state index is -2.09. The average Bonchev–Trinajstić information content (AvgIpc) is 1.86. The maximum Gasteiger partial charge on any atom is 0.237 e. The number of nitrogens with zero attached hydrogens (tertiary/aromatic N) is 1. The van der Waals surface area contributed by atoms with Crippen molar-refractivity contribution < 1.29 is 18.7 Å². The van der Waals surface area contributed by atoms with Crippen LogP contribution in [0.1, 0.15) is 0 Å². The highest BCUT2D eigenvalue weighted by molar-refractivity contribution is 7.80. The number of rotatable bonds is 4. The lowest BCUT2D eigenvalue weighted by Crippen LogP contribution is -2.32. The van der Waals surface area contributed by atoms with Crippen LogP contribution in [0.3, 0.4) is 0 Å². The lowest BCUT2D eigenvalue weighted by atomic mass is 10.5. The van der Waals surface area contributed by atoms with Gasteiger partial charge in [-0.15, -0.1) is 0 Å². The van der Waals surface area contributed by atoms with Gasteiger partial charge in [0, 0.05) is 13.6 Å². The van der Waals surface area contributed by atoms with Crippen molar-refractivity contribution in [2.24, 2.45) is 0 Å². The van der Waals surface area contributed by atoms with Crippen LogP contribution >= 0.6 is 0 Å². The maximum atomic E-state index is 10.8. The number of carbonyl (C=O) groups excluding carboxylic acids is 1. The van der Waals surface area contributed by atoms with Crippen molar-refractivity contribution >= 4 is 17.0 Å². The Morgan fingerprint density at radius 2 is 2.18 bits per heavy atom. The van der Waals surface area contributed by atoms with Crippen LogP contribution in [0.2, 0.25) is 0 Å². The van der Waals surface area contributed by atoms with Crippen LogP contribution in [0.25, 0.3) is 0 Å². The summed E-state index contributed by atoms with van der Waals surface area (Å²) in [6.07, 6.45) is 0. The van der Waals surface area contributed by atoms with E-state index in [0.717, 1.165) is 0 Å². The second kappa shape index (κ2) is 5.22. The van der Waals surface area contributed by atoms with Gasteiger partial charge in [0.1, 0.15) is 5.75 Å². The van der Waals surface area contributed by atoms with Crippen LogP contribution in [0.5, 0.6) is 0 Å². The number of carbonyl (C=O) groups is 1. The van der Waals surface area contributed by atoms with E-state index in [4.69, 9.17) is 9.66 Å². The van der Waals surface area contributed by atoms with E-state index in [2.05, 4.69) is 0 Å². The Morgan fingerprint density at radius 1 is 1.64 bits per heavy atom. The monoisotopic (exact) mass is 181 g/mol. The van der Waals surface area contributed by atoms with E-state index >= 15 is 0 Å². The molecule has 0 aliphatic heterocycles. The third-order valence-electron chi connectivity index (χ3n) is 1.11. The minimum Gasteiger partial charge on any atom is -0.395 e. The molecule has 11 heavy (non-hydrogen) atoms. The molecule has 1 amide bonds. The largest absolute Gasteiger partial charge is 0.395 e. The first-order valence-electron chi connectivity index (χ1n) is 3.00. The predicted octanol–water partition coefficient (Wildman–Crippen LogP) is -1.34. The van der Waals surface area contributed by atoms with Crippen LogP contribution < -0.4 is 0 Å². The van der Waals surface area contributed by atoms with Gasteiger partial charge in [-0.05, 0) is 0 Å². The van der Waals surface area contributed by atoms with Crippen LogP contribution in [0.4, 0.5) is 0 Å². The van der Waals surface area contributed by atoms with Gasteiger partial charge in [0.25, 0.3) is 0 Å². The molecular formula is C5H11NO4S. The summed E-state index contributed by atoms with van der Waals surface area (Å²) in [4.78, 5) is 12.0. The highest BCUT2D eigenvalue weighted by atomic mass is 32.2. The smallest absolute Gasteiger partial charge is 0.237 e. The second-order valence-electron chi connectivity index (χ2n) is 2.00. The molecule has 0 bridgehead atoms. The van der Waals surface area contributed by atoms with Crippen molar-refractivity contribution in [2.45, 2.75) is 0 Å². The molecule has 0 spiro atoms. The van der Waals surface area contributed by atoms with E-state index in [0.29, 0.717) is 0 Å². The molecule has 6 heteroatoms. The van der Waals surface area contributed by atoms with E-state index in [1.807, 2.05) is 0 Å². The summed E-state index contributed by atoms with van der Waals surface area (Å²) < 4.78 is 18.4. The van der Waals surface area contributed by atoms with Crippen LogP contribution in [0, 0.1) is 0 Å². The summed E-state index contributed by atoms with van der Waals surface area (Å²) in [7, 11) is 1.46. The lowest BCUT2D eigenvalue weighted by molar-refractivity contribution is -0.127. The summed E-state index contributed by atoms with van der Waals surface area (Å²) in [5.74, 6) is -0.851. The molecule has 0 radical (unpaired) electrons. The number of hydrogen-bond donors (Lipinski definition) is 2. The van der Waals surface area contributed by atoms with Crippen molar-refractivity contribution in [3.05, 3.63) is 0 Å². The molecule has 1 atom stereocenters. The van der Waals surface area contributed by atoms with Crippen molar-refractivity contribution in [1.29, 1.82) is 0 Å². The Labute approximate surface area is 67.3 Å². The zero-order chi connectivity index (χ0) is 8.85. The van der Waals surface area contributed by atoms with Crippen LogP contribution in [-0.4, -0.2) is 50.6 Å². The fourth-order valence-electron chi connectivity index (χ4n) is 0.491. The highest BCUT2D eigenvalue weighted by Gasteiger charge is 2.09. The van der Waals surface area contributed by atoms with Gasteiger partial charge in [0.15, 0.2) is 11.1 Å². The van der Waals surface area contributed by atoms with Crippen molar-refractivity contribution in [1.82, 2.24) is 4.90 Å². The first-order chi connectivity index (χ1) is 5.07. The minimum absolute atomic E-state index is 0.139. The molecule has 2 N–H and O–H groups in total. The number of hydrogen-bond acceptors (Lipinski definition) is 3. The number of aliphatic hydroxyl groups is 1. The van der Waals surface area contributed by atoms with Gasteiger partial charge in [-0.1, -0.05) is 0 Å². The molecule has 1 unspecified atom stereocenters. The van der Waals surface area contributed by atoms with Crippen molar-refractivity contribution in [3.8, 4) is 0 Å². The molecule has 0 aromatic carbocycles. The Bertz CT molecular complexity index is 161. The molecule has 0 aliphatic rings. The molecule has 0 heterocycles. The average molecular weight is 181 g/mol. The van der Waals surface area contributed by atoms with Gasteiger partial charge in [-0.2, -0.15) is 0 Å². The molecular weight excluding hydrogens is 170 g/mol. The first-order valence-corrected chi connectivity index (χ1v) is 4.27. The first kappa shape index (κ1) is 10.5. The maximum absolute atomic E-state index is 10.8. The van der Waals surface area contributed by atoms with E-state index in [-0.39, 0.29) is 13.2 Å². The Balaban J connectivity index is 3.73. The third-order valence-corrected chi connectivity index (χ3v) is 1.60. The van der Waals surface area contributed by atoms with Gasteiger partial charge < -0.3 is 14.6 Å². The summed E-state index contributed by atoms with van der Waals surface area (Å²) in [5, 5.41) is 8.39. The molecule has 0 aromatic heterocycles. The summed E-state index contributed by atoms with van der Waals surface area (Å²) in [5.41, 5.74) is 0. The molecule has 5 nitrogen and oxygen atoms in total. The standard InChI is InChI=1S/C5H11NO4S/c1-6(2-3-7)5(8)4-11(9)10/h7H,2-4H2,1H3,(H,9,10). The Kier molecular flexibility index (Phi) is 5.01. The predicted molar refractivity (Wildman–Crippen MR) is 40.4 cm³/mol. The van der Waals surface area contributed by atoms with Gasteiger partial charge in [0.05, 0.1) is 6.61 Å². The fourth-order valence-corrected chi connectivity index (χ4v) is 0.922. The quantitative estimate of drug-likeness (QED) is 0.526. The zero-order valence-corrected chi connectivity index (χ0v) is 7.00.